The number of nitrogens with zero attached hydrogens (tertiary/aromatic N) is 1. The first-order valence-corrected chi connectivity index (χ1v) is 6.93. The summed E-state index contributed by atoms with van der Waals surface area (Å²) < 4.78 is 13.1. The Morgan fingerprint density at radius 1 is 1.38 bits per heavy atom. The van der Waals surface area contributed by atoms with E-state index in [4.69, 9.17) is 0 Å². The van der Waals surface area contributed by atoms with Crippen LogP contribution in [0.15, 0.2) is 18.2 Å². The highest BCUT2D eigenvalue weighted by atomic mass is 19.1. The second-order valence-electron chi connectivity index (χ2n) is 5.58. The van der Waals surface area contributed by atoms with Crippen molar-refractivity contribution in [2.75, 3.05) is 11.9 Å². The van der Waals surface area contributed by atoms with Crippen LogP contribution in [0, 0.1) is 12.7 Å². The van der Waals surface area contributed by atoms with Crippen LogP contribution in [-0.4, -0.2) is 34.1 Å². The van der Waals surface area contributed by atoms with E-state index < -0.39 is 17.5 Å². The number of rotatable bonds is 2. The lowest BCUT2D eigenvalue weighted by atomic mass is 9.89. The van der Waals surface area contributed by atoms with Crippen LogP contribution >= 0.6 is 0 Å². The quantitative estimate of drug-likeness (QED) is 0.881. The van der Waals surface area contributed by atoms with Gasteiger partial charge >= 0.3 is 12.0 Å². The van der Waals surface area contributed by atoms with Crippen molar-refractivity contribution in [3.05, 3.63) is 29.6 Å². The zero-order chi connectivity index (χ0) is 15.6. The summed E-state index contributed by atoms with van der Waals surface area (Å²) in [6, 6.07) is 3.59. The number of aliphatic carboxylic acids is 1. The van der Waals surface area contributed by atoms with Gasteiger partial charge in [0.2, 0.25) is 0 Å². The lowest BCUT2D eigenvalue weighted by Gasteiger charge is -2.41. The summed E-state index contributed by atoms with van der Waals surface area (Å²) >= 11 is 0. The molecular weight excluding hydrogens is 275 g/mol. The Morgan fingerprint density at radius 2 is 2.10 bits per heavy atom. The summed E-state index contributed by atoms with van der Waals surface area (Å²) in [7, 11) is 0. The van der Waals surface area contributed by atoms with Crippen molar-refractivity contribution in [3.63, 3.8) is 0 Å². The third kappa shape index (κ3) is 2.99. The Hall–Kier alpha value is -2.11. The number of anilines is 1. The van der Waals surface area contributed by atoms with Gasteiger partial charge in [-0.15, -0.1) is 0 Å². The maximum absolute atomic E-state index is 13.1. The first-order valence-electron chi connectivity index (χ1n) is 6.93. The van der Waals surface area contributed by atoms with E-state index in [0.717, 1.165) is 12.8 Å². The first kappa shape index (κ1) is 15.3. The van der Waals surface area contributed by atoms with Crippen molar-refractivity contribution in [3.8, 4) is 0 Å². The van der Waals surface area contributed by atoms with E-state index in [-0.39, 0.29) is 5.82 Å². The highest BCUT2D eigenvalue weighted by Crippen LogP contribution is 2.29. The standard InChI is InChI=1S/C15H19FN2O3/c1-10-9-11(16)5-6-12(10)17-14(21)18-8-4-3-7-15(18,2)13(19)20/h5-6,9H,3-4,7-8H2,1-2H3,(H,17,21)(H,19,20). The van der Waals surface area contributed by atoms with Crippen LogP contribution in [0.1, 0.15) is 31.7 Å². The molecule has 5 nitrogen and oxygen atoms in total. The van der Waals surface area contributed by atoms with Gasteiger partial charge in [0, 0.05) is 12.2 Å². The Bertz CT molecular complexity index is 576. The van der Waals surface area contributed by atoms with Crippen molar-refractivity contribution in [2.24, 2.45) is 0 Å². The van der Waals surface area contributed by atoms with Gasteiger partial charge in [0.05, 0.1) is 0 Å². The van der Waals surface area contributed by atoms with Gasteiger partial charge in [0.1, 0.15) is 11.4 Å². The summed E-state index contributed by atoms with van der Waals surface area (Å²) in [5.41, 5.74) is -0.117. The van der Waals surface area contributed by atoms with E-state index in [1.54, 1.807) is 13.8 Å². The molecule has 1 saturated heterocycles. The number of carbonyl (C=O) groups excluding carboxylic acids is 1. The van der Waals surface area contributed by atoms with Gasteiger partial charge < -0.3 is 15.3 Å². The topological polar surface area (TPSA) is 69.6 Å². The van der Waals surface area contributed by atoms with Crippen LogP contribution in [0.5, 0.6) is 0 Å². The Labute approximate surface area is 122 Å². The van der Waals surface area contributed by atoms with E-state index >= 15 is 0 Å². The lowest BCUT2D eigenvalue weighted by molar-refractivity contribution is -0.150. The molecule has 0 radical (unpaired) electrons. The van der Waals surface area contributed by atoms with Crippen molar-refractivity contribution >= 4 is 17.7 Å². The SMILES string of the molecule is Cc1cc(F)ccc1NC(=O)N1CCCCC1(C)C(=O)O. The third-order valence-electron chi connectivity index (χ3n) is 4.03. The lowest BCUT2D eigenvalue weighted by Crippen LogP contribution is -2.58. The summed E-state index contributed by atoms with van der Waals surface area (Å²) in [5, 5.41) is 12.1. The minimum absolute atomic E-state index is 0.376. The summed E-state index contributed by atoms with van der Waals surface area (Å²) in [6.07, 6.45) is 1.99. The largest absolute Gasteiger partial charge is 0.480 e. The molecule has 0 bridgehead atoms. The molecule has 0 saturated carbocycles. The van der Waals surface area contributed by atoms with E-state index in [2.05, 4.69) is 5.32 Å². The molecule has 2 N–H and O–H groups in total. The van der Waals surface area contributed by atoms with Crippen LogP contribution in [-0.2, 0) is 4.79 Å². The van der Waals surface area contributed by atoms with Gasteiger partial charge in [-0.05, 0) is 56.9 Å². The Kier molecular flexibility index (Phi) is 4.16. The number of aryl methyl sites for hydroxylation is 1. The minimum atomic E-state index is -1.20. The number of carbonyl (C=O) groups is 2. The second kappa shape index (κ2) is 5.71. The van der Waals surface area contributed by atoms with Gasteiger partial charge in [-0.2, -0.15) is 0 Å². The molecule has 2 rings (SSSR count). The molecule has 21 heavy (non-hydrogen) atoms. The van der Waals surface area contributed by atoms with Crippen LogP contribution in [0.2, 0.25) is 0 Å². The number of hydrogen-bond acceptors (Lipinski definition) is 2. The summed E-state index contributed by atoms with van der Waals surface area (Å²) in [6.45, 7) is 3.64. The number of likely N-dealkylation sites (tertiary alicyclic amines) is 1. The van der Waals surface area contributed by atoms with E-state index in [9.17, 15) is 19.1 Å². The number of carboxylic acid groups (broad SMARTS) is 1. The van der Waals surface area contributed by atoms with Gasteiger partial charge in [0.15, 0.2) is 0 Å². The highest BCUT2D eigenvalue weighted by Gasteiger charge is 2.44. The van der Waals surface area contributed by atoms with Crippen molar-refractivity contribution in [2.45, 2.75) is 38.6 Å². The molecule has 1 heterocycles. The number of hydrogen-bond donors (Lipinski definition) is 2. The zero-order valence-corrected chi connectivity index (χ0v) is 12.1. The molecular formula is C15H19FN2O3. The predicted molar refractivity (Wildman–Crippen MR) is 76.8 cm³/mol. The average Bonchev–Trinajstić information content (AvgIpc) is 2.42. The minimum Gasteiger partial charge on any atom is -0.480 e. The normalized spacial score (nSPS) is 22.0. The molecule has 6 heteroatoms. The monoisotopic (exact) mass is 294 g/mol. The molecule has 1 fully saturated rings. The molecule has 0 aliphatic carbocycles. The molecule has 1 atom stereocenters. The molecule has 114 valence electrons. The molecule has 1 aliphatic heterocycles. The maximum Gasteiger partial charge on any atom is 0.329 e. The fourth-order valence-corrected chi connectivity index (χ4v) is 2.62. The number of benzene rings is 1. The fraction of sp³-hybridized carbons (Fsp3) is 0.467. The second-order valence-corrected chi connectivity index (χ2v) is 5.58. The van der Waals surface area contributed by atoms with Gasteiger partial charge in [-0.25, -0.2) is 14.0 Å². The van der Waals surface area contributed by atoms with Gasteiger partial charge in [-0.3, -0.25) is 0 Å². The van der Waals surface area contributed by atoms with Crippen molar-refractivity contribution in [1.82, 2.24) is 4.90 Å². The van der Waals surface area contributed by atoms with Crippen LogP contribution < -0.4 is 5.32 Å². The number of halogens is 1. The Morgan fingerprint density at radius 3 is 2.71 bits per heavy atom. The molecule has 0 aromatic heterocycles. The Balaban J connectivity index is 2.20. The van der Waals surface area contributed by atoms with Crippen LogP contribution in [0.25, 0.3) is 0 Å². The fourth-order valence-electron chi connectivity index (χ4n) is 2.62. The van der Waals surface area contributed by atoms with E-state index in [0.29, 0.717) is 24.2 Å². The molecule has 2 amide bonds. The van der Waals surface area contributed by atoms with Crippen LogP contribution in [0.4, 0.5) is 14.9 Å². The average molecular weight is 294 g/mol. The van der Waals surface area contributed by atoms with E-state index in [1.807, 2.05) is 0 Å². The summed E-state index contributed by atoms with van der Waals surface area (Å²) in [5.74, 6) is -1.38. The highest BCUT2D eigenvalue weighted by molar-refractivity contribution is 5.94. The number of urea groups is 1. The van der Waals surface area contributed by atoms with Crippen LogP contribution in [0.3, 0.4) is 0 Å². The molecule has 1 unspecified atom stereocenters. The number of carboxylic acids is 1. The molecule has 0 spiro atoms. The van der Waals surface area contributed by atoms with Crippen molar-refractivity contribution < 1.29 is 19.1 Å². The number of nitrogens with one attached hydrogen (secondary N) is 1. The summed E-state index contributed by atoms with van der Waals surface area (Å²) in [4.78, 5) is 25.2. The van der Waals surface area contributed by atoms with Crippen molar-refractivity contribution in [1.29, 1.82) is 0 Å². The van der Waals surface area contributed by atoms with E-state index in [1.165, 1.54) is 23.1 Å². The van der Waals surface area contributed by atoms with Gasteiger partial charge in [-0.1, -0.05) is 0 Å². The molecule has 1 aliphatic rings. The maximum atomic E-state index is 13.1. The predicted octanol–water partition coefficient (Wildman–Crippen LogP) is 3.00. The first-order chi connectivity index (χ1) is 9.84. The van der Waals surface area contributed by atoms with Gasteiger partial charge in [0.25, 0.3) is 0 Å². The smallest absolute Gasteiger partial charge is 0.329 e. The number of piperidine rings is 1. The molecule has 1 aromatic carbocycles. The molecule has 1 aromatic rings. The third-order valence-corrected chi connectivity index (χ3v) is 4.03. The zero-order valence-electron chi connectivity index (χ0n) is 12.1. The number of amides is 2.